The highest BCUT2D eigenvalue weighted by atomic mass is 32.1. The minimum absolute atomic E-state index is 0.0233. The smallest absolute Gasteiger partial charge is 0.355 e. The van der Waals surface area contributed by atoms with E-state index >= 15 is 0 Å². The second kappa shape index (κ2) is 11.4. The molecule has 1 amide bonds. The zero-order chi connectivity index (χ0) is 34.3. The van der Waals surface area contributed by atoms with Crippen LogP contribution in [0.3, 0.4) is 0 Å². The van der Waals surface area contributed by atoms with Crippen LogP contribution in [0.4, 0.5) is 19.0 Å². The van der Waals surface area contributed by atoms with E-state index in [0.29, 0.717) is 28.2 Å². The van der Waals surface area contributed by atoms with Gasteiger partial charge in [-0.1, -0.05) is 13.0 Å². The van der Waals surface area contributed by atoms with E-state index in [0.717, 1.165) is 111 Å². The highest BCUT2D eigenvalue weighted by Crippen LogP contribution is 2.69. The van der Waals surface area contributed by atoms with Crippen molar-refractivity contribution in [1.82, 2.24) is 24.8 Å². The van der Waals surface area contributed by atoms with Crippen molar-refractivity contribution < 1.29 is 18.0 Å². The molecule has 1 N–H and O–H groups in total. The fourth-order valence-electron chi connectivity index (χ4n) is 9.59. The summed E-state index contributed by atoms with van der Waals surface area (Å²) in [6.07, 6.45) is 1.58. The molecule has 1 aromatic carbocycles. The maximum atomic E-state index is 13.1. The molecule has 5 aliphatic rings. The van der Waals surface area contributed by atoms with Crippen LogP contribution in [-0.4, -0.2) is 63.2 Å². The minimum Gasteiger partial charge on any atom is -0.355 e. The van der Waals surface area contributed by atoms with Crippen molar-refractivity contribution in [2.24, 2.45) is 10.8 Å². The molecule has 4 aromatic rings. The van der Waals surface area contributed by atoms with E-state index < -0.39 is 12.6 Å². The number of anilines is 1. The topological polar surface area (TPSA) is 90.1 Å². The number of benzene rings is 1. The lowest BCUT2D eigenvalue weighted by molar-refractivity contribution is -0.169. The summed E-state index contributed by atoms with van der Waals surface area (Å²) in [5, 5.41) is 15.1. The third kappa shape index (κ3) is 5.76. The number of fused-ring (bicyclic) bond motifs is 2. The normalized spacial score (nSPS) is 26.4. The van der Waals surface area contributed by atoms with Crippen molar-refractivity contribution in [2.45, 2.75) is 96.9 Å². The summed E-state index contributed by atoms with van der Waals surface area (Å²) in [5.41, 5.74) is 4.74. The number of hydrogen-bond donors (Lipinski definition) is 1. The second-order valence-corrected chi connectivity index (χ2v) is 16.6. The molecule has 0 radical (unpaired) electrons. The number of rotatable bonds is 9. The van der Waals surface area contributed by atoms with Gasteiger partial charge in [-0.2, -0.15) is 18.4 Å². The molecule has 49 heavy (non-hydrogen) atoms. The quantitative estimate of drug-likeness (QED) is 0.200. The minimum atomic E-state index is -4.25. The number of nitrogens with one attached hydrogen (secondary N) is 1. The van der Waals surface area contributed by atoms with Crippen LogP contribution in [0.1, 0.15) is 79.4 Å². The molecule has 2 saturated heterocycles. The SMILES string of the molecule is CCC(=O)NC12CC(CCn3c(C#N)cc4c(C)c(CN5CCC6(CCN(c7nc(C)nc8sc(CC(F)(F)F)cc78)C6)C5)ccc43)(C1)C2. The largest absolute Gasteiger partial charge is 0.393 e. The van der Waals surface area contributed by atoms with Gasteiger partial charge in [0.1, 0.15) is 28.2 Å². The highest BCUT2D eigenvalue weighted by Gasteiger charge is 2.67. The molecular weight excluding hydrogens is 648 g/mol. The van der Waals surface area contributed by atoms with Gasteiger partial charge in [-0.15, -0.1) is 11.3 Å². The Morgan fingerprint density at radius 3 is 2.59 bits per heavy atom. The van der Waals surface area contributed by atoms with Crippen LogP contribution >= 0.6 is 11.3 Å². The summed E-state index contributed by atoms with van der Waals surface area (Å²) < 4.78 is 41.6. The number of carbonyl (C=O) groups is 1. The van der Waals surface area contributed by atoms with Crippen LogP contribution in [0.5, 0.6) is 0 Å². The van der Waals surface area contributed by atoms with Crippen LogP contribution in [0.15, 0.2) is 24.3 Å². The summed E-state index contributed by atoms with van der Waals surface area (Å²) in [5.74, 6) is 1.48. The predicted octanol–water partition coefficient (Wildman–Crippen LogP) is 7.18. The van der Waals surface area contributed by atoms with E-state index in [1.807, 2.05) is 13.8 Å². The van der Waals surface area contributed by atoms with Gasteiger partial charge in [-0.05, 0) is 93.7 Å². The number of nitrogens with zero attached hydrogens (tertiary/aromatic N) is 6. The van der Waals surface area contributed by atoms with Gasteiger partial charge in [0.05, 0.1) is 11.8 Å². The average molecular weight is 690 g/mol. The van der Waals surface area contributed by atoms with Gasteiger partial charge in [0.15, 0.2) is 0 Å². The standard InChI is InChI=1S/C37H42F3N7OS/c1-4-31(48)44-36-18-35(19-36,20-36)9-12-47-26(16-41)13-28-23(2)25(5-6-30(28)47)17-45-10-7-34(21-45)8-11-46(22-34)32-29-14-27(15-37(38,39)40)49-33(29)43-24(3)42-32/h5-6,13-14H,4,7-12,15,17-22H2,1-3H3,(H,44,48). The maximum Gasteiger partial charge on any atom is 0.393 e. The van der Waals surface area contributed by atoms with Crippen molar-refractivity contribution in [1.29, 1.82) is 5.26 Å². The number of nitriles is 1. The number of aryl methyl sites for hydroxylation is 3. The molecule has 2 aliphatic heterocycles. The first-order valence-corrected chi connectivity index (χ1v) is 18.3. The highest BCUT2D eigenvalue weighted by molar-refractivity contribution is 7.18. The third-order valence-electron chi connectivity index (χ3n) is 11.9. The summed E-state index contributed by atoms with van der Waals surface area (Å²) in [4.78, 5) is 26.8. The number of carbonyl (C=O) groups excluding carboxylic acids is 1. The van der Waals surface area contributed by atoms with E-state index in [2.05, 4.69) is 55.9 Å². The van der Waals surface area contributed by atoms with E-state index in [-0.39, 0.29) is 21.7 Å². The zero-order valence-corrected chi connectivity index (χ0v) is 29.2. The zero-order valence-electron chi connectivity index (χ0n) is 28.3. The van der Waals surface area contributed by atoms with Crippen LogP contribution in [0.25, 0.3) is 21.1 Å². The van der Waals surface area contributed by atoms with Gasteiger partial charge >= 0.3 is 6.18 Å². The Labute approximate surface area is 288 Å². The maximum absolute atomic E-state index is 13.1. The van der Waals surface area contributed by atoms with Gasteiger partial charge in [0, 0.05) is 65.9 Å². The molecule has 1 unspecified atom stereocenters. The fraction of sp³-hybridized carbons (Fsp3) is 0.568. The molecule has 3 aliphatic carbocycles. The van der Waals surface area contributed by atoms with E-state index in [9.17, 15) is 23.2 Å². The lowest BCUT2D eigenvalue weighted by Gasteiger charge is -2.71. The second-order valence-electron chi connectivity index (χ2n) is 15.5. The molecule has 9 rings (SSSR count). The first-order chi connectivity index (χ1) is 23.3. The lowest BCUT2D eigenvalue weighted by atomic mass is 9.38. The molecule has 3 aromatic heterocycles. The molecule has 5 fully saturated rings. The molecule has 258 valence electrons. The monoisotopic (exact) mass is 689 g/mol. The number of halogens is 3. The van der Waals surface area contributed by atoms with E-state index in [4.69, 9.17) is 4.98 Å². The number of amides is 1. The summed E-state index contributed by atoms with van der Waals surface area (Å²) in [7, 11) is 0. The van der Waals surface area contributed by atoms with Gasteiger partial charge < -0.3 is 14.8 Å². The Hall–Kier alpha value is -3.69. The first-order valence-electron chi connectivity index (χ1n) is 17.4. The predicted molar refractivity (Wildman–Crippen MR) is 185 cm³/mol. The molecule has 12 heteroatoms. The fourth-order valence-corrected chi connectivity index (χ4v) is 10.7. The Morgan fingerprint density at radius 2 is 1.86 bits per heavy atom. The van der Waals surface area contributed by atoms with Crippen molar-refractivity contribution in [3.05, 3.63) is 51.8 Å². The van der Waals surface area contributed by atoms with Crippen LogP contribution in [0.2, 0.25) is 0 Å². The molecule has 1 spiro atoms. The van der Waals surface area contributed by atoms with Crippen LogP contribution in [0, 0.1) is 36.0 Å². The molecule has 3 saturated carbocycles. The van der Waals surface area contributed by atoms with Gasteiger partial charge in [0.25, 0.3) is 0 Å². The summed E-state index contributed by atoms with van der Waals surface area (Å²) in [6, 6.07) is 10.5. The Morgan fingerprint density at radius 1 is 1.08 bits per heavy atom. The number of hydrogen-bond acceptors (Lipinski definition) is 7. The summed E-state index contributed by atoms with van der Waals surface area (Å²) in [6.45, 7) is 11.1. The lowest BCUT2D eigenvalue weighted by Crippen LogP contribution is -2.74. The summed E-state index contributed by atoms with van der Waals surface area (Å²) >= 11 is 1.12. The third-order valence-corrected chi connectivity index (χ3v) is 12.9. The molecule has 1 atom stereocenters. The first kappa shape index (κ1) is 32.5. The van der Waals surface area contributed by atoms with Crippen molar-refractivity contribution in [3.8, 4) is 6.07 Å². The molecule has 8 nitrogen and oxygen atoms in total. The van der Waals surface area contributed by atoms with Gasteiger partial charge in [-0.3, -0.25) is 9.69 Å². The van der Waals surface area contributed by atoms with Crippen LogP contribution in [-0.2, 0) is 24.3 Å². The Bertz CT molecular complexity index is 2010. The van der Waals surface area contributed by atoms with Gasteiger partial charge in [0.2, 0.25) is 5.91 Å². The number of aromatic nitrogens is 3. The Balaban J connectivity index is 0.937. The van der Waals surface area contributed by atoms with E-state index in [1.165, 1.54) is 11.1 Å². The van der Waals surface area contributed by atoms with Crippen LogP contribution < -0.4 is 10.2 Å². The molecular formula is C37H42F3N7OS. The Kier molecular flexibility index (Phi) is 7.58. The average Bonchev–Trinajstić information content (AvgIpc) is 3.79. The van der Waals surface area contributed by atoms with Crippen molar-refractivity contribution >= 4 is 44.2 Å². The molecule has 5 heterocycles. The number of thiophene rings is 1. The number of likely N-dealkylation sites (tertiary alicyclic amines) is 1. The van der Waals surface area contributed by atoms with Crippen molar-refractivity contribution in [2.75, 3.05) is 31.1 Å². The van der Waals surface area contributed by atoms with Gasteiger partial charge in [-0.25, -0.2) is 9.97 Å². The molecule has 2 bridgehead atoms. The van der Waals surface area contributed by atoms with Crippen molar-refractivity contribution in [3.63, 3.8) is 0 Å². The number of alkyl halides is 3. The van der Waals surface area contributed by atoms with E-state index in [1.54, 1.807) is 6.07 Å².